The molecule has 5 heteroatoms. The molecule has 1 unspecified atom stereocenters. The van der Waals surface area contributed by atoms with E-state index >= 15 is 0 Å². The Morgan fingerprint density at radius 1 is 1.50 bits per heavy atom. The van der Waals surface area contributed by atoms with Gasteiger partial charge in [-0.15, -0.1) is 0 Å². The normalized spacial score (nSPS) is 12.4. The first-order chi connectivity index (χ1) is 6.57. The van der Waals surface area contributed by atoms with E-state index in [2.05, 4.69) is 5.32 Å². The van der Waals surface area contributed by atoms with E-state index in [9.17, 15) is 9.59 Å². The third-order valence-corrected chi connectivity index (χ3v) is 1.87. The zero-order chi connectivity index (χ0) is 11.0. The van der Waals surface area contributed by atoms with Gasteiger partial charge in [0.05, 0.1) is 0 Å². The Labute approximate surface area is 83.7 Å². The van der Waals surface area contributed by atoms with Crippen LogP contribution in [-0.2, 0) is 9.59 Å². The molecule has 4 N–H and O–H groups in total. The Morgan fingerprint density at radius 3 is 2.57 bits per heavy atom. The van der Waals surface area contributed by atoms with Crippen LogP contribution in [0.15, 0.2) is 0 Å². The van der Waals surface area contributed by atoms with Gasteiger partial charge in [0.15, 0.2) is 0 Å². The van der Waals surface area contributed by atoms with Crippen molar-refractivity contribution in [2.75, 3.05) is 6.54 Å². The molecule has 0 heterocycles. The monoisotopic (exact) mass is 202 g/mol. The van der Waals surface area contributed by atoms with Gasteiger partial charge in [0.25, 0.3) is 0 Å². The summed E-state index contributed by atoms with van der Waals surface area (Å²) in [4.78, 5) is 21.0. The number of hydrogen-bond acceptors (Lipinski definition) is 3. The summed E-state index contributed by atoms with van der Waals surface area (Å²) in [6, 6.07) is -0.507. The number of primary amides is 1. The molecule has 0 fully saturated rings. The summed E-state index contributed by atoms with van der Waals surface area (Å²) in [6.45, 7) is 2.45. The molecule has 0 aromatic rings. The van der Waals surface area contributed by atoms with Gasteiger partial charge < -0.3 is 16.2 Å². The predicted octanol–water partition coefficient (Wildman–Crippen LogP) is 0.0948. The molecule has 0 aromatic carbocycles. The Morgan fingerprint density at radius 2 is 2.14 bits per heavy atom. The molecule has 0 aliphatic rings. The van der Waals surface area contributed by atoms with E-state index in [4.69, 9.17) is 10.8 Å². The molecule has 0 rings (SSSR count). The Hall–Kier alpha value is -1.10. The lowest BCUT2D eigenvalue weighted by Crippen LogP contribution is -2.37. The van der Waals surface area contributed by atoms with Crippen molar-refractivity contribution < 1.29 is 14.7 Å². The van der Waals surface area contributed by atoms with Gasteiger partial charge in [-0.05, 0) is 19.4 Å². The van der Waals surface area contributed by atoms with Crippen LogP contribution < -0.4 is 11.1 Å². The van der Waals surface area contributed by atoms with Crippen molar-refractivity contribution in [3.8, 4) is 0 Å². The molecule has 14 heavy (non-hydrogen) atoms. The molecule has 0 spiro atoms. The van der Waals surface area contributed by atoms with Crippen LogP contribution in [0, 0.1) is 0 Å². The minimum atomic E-state index is -0.842. The average Bonchev–Trinajstić information content (AvgIpc) is 2.09. The number of carbonyl (C=O) groups is 2. The molecule has 0 radical (unpaired) electrons. The molecule has 0 aliphatic heterocycles. The van der Waals surface area contributed by atoms with Crippen LogP contribution >= 0.6 is 0 Å². The van der Waals surface area contributed by atoms with Gasteiger partial charge >= 0.3 is 5.97 Å². The van der Waals surface area contributed by atoms with Crippen molar-refractivity contribution >= 4 is 11.9 Å². The molecule has 5 nitrogen and oxygen atoms in total. The summed E-state index contributed by atoms with van der Waals surface area (Å²) in [5.41, 5.74) is 4.94. The minimum absolute atomic E-state index is 0.297. The van der Waals surface area contributed by atoms with Gasteiger partial charge in [0.1, 0.15) is 6.04 Å². The summed E-state index contributed by atoms with van der Waals surface area (Å²) >= 11 is 0. The van der Waals surface area contributed by atoms with Crippen molar-refractivity contribution in [3.05, 3.63) is 0 Å². The van der Waals surface area contributed by atoms with Crippen molar-refractivity contribution in [2.45, 2.75) is 38.6 Å². The minimum Gasteiger partial charge on any atom is -0.480 e. The lowest BCUT2D eigenvalue weighted by atomic mass is 10.1. The number of aliphatic carboxylic acids is 1. The van der Waals surface area contributed by atoms with Gasteiger partial charge in [0, 0.05) is 6.42 Å². The molecular weight excluding hydrogens is 184 g/mol. The number of hydrogen-bond donors (Lipinski definition) is 3. The number of carboxylic acid groups (broad SMARTS) is 1. The Bertz CT molecular complexity index is 194. The maximum atomic E-state index is 10.7. The maximum Gasteiger partial charge on any atom is 0.320 e. The molecular formula is C9H18N2O3. The predicted molar refractivity (Wildman–Crippen MR) is 52.8 cm³/mol. The first-order valence-corrected chi connectivity index (χ1v) is 4.82. The molecule has 1 atom stereocenters. The van der Waals surface area contributed by atoms with Crippen molar-refractivity contribution in [1.82, 2.24) is 5.32 Å². The Balaban J connectivity index is 3.61. The average molecular weight is 202 g/mol. The molecule has 1 amide bonds. The van der Waals surface area contributed by atoms with Gasteiger partial charge in [-0.3, -0.25) is 9.59 Å². The van der Waals surface area contributed by atoms with E-state index in [1.807, 2.05) is 6.92 Å². The number of nitrogens with one attached hydrogen (secondary N) is 1. The molecule has 0 bridgehead atoms. The lowest BCUT2D eigenvalue weighted by molar-refractivity contribution is -0.139. The number of amides is 1. The second-order valence-electron chi connectivity index (χ2n) is 3.20. The zero-order valence-electron chi connectivity index (χ0n) is 8.45. The van der Waals surface area contributed by atoms with Crippen molar-refractivity contribution in [3.63, 3.8) is 0 Å². The van der Waals surface area contributed by atoms with Crippen LogP contribution in [-0.4, -0.2) is 29.6 Å². The van der Waals surface area contributed by atoms with Crippen LogP contribution in [0.3, 0.4) is 0 Å². The maximum absolute atomic E-state index is 10.7. The fourth-order valence-electron chi connectivity index (χ4n) is 1.14. The number of nitrogens with two attached hydrogens (primary N) is 1. The number of rotatable bonds is 8. The molecule has 0 saturated heterocycles. The standard InChI is InChI=1S/C9H18N2O3/c1-2-4-7(9(13)14)11-6-3-5-8(10)12/h7,11H,2-6H2,1H3,(H2,10,12)(H,13,14). The van der Waals surface area contributed by atoms with E-state index < -0.39 is 12.0 Å². The highest BCUT2D eigenvalue weighted by Gasteiger charge is 2.14. The van der Waals surface area contributed by atoms with Gasteiger partial charge in [-0.2, -0.15) is 0 Å². The van der Waals surface area contributed by atoms with Crippen LogP contribution in [0.25, 0.3) is 0 Å². The van der Waals surface area contributed by atoms with Crippen molar-refractivity contribution in [1.29, 1.82) is 0 Å². The summed E-state index contributed by atoms with van der Waals surface area (Å²) in [5, 5.41) is 11.6. The van der Waals surface area contributed by atoms with E-state index in [0.29, 0.717) is 25.8 Å². The molecule has 0 saturated carbocycles. The van der Waals surface area contributed by atoms with Crippen molar-refractivity contribution in [2.24, 2.45) is 5.73 Å². The van der Waals surface area contributed by atoms with Gasteiger partial charge in [-0.1, -0.05) is 13.3 Å². The molecule has 0 aliphatic carbocycles. The highest BCUT2D eigenvalue weighted by molar-refractivity contribution is 5.74. The second kappa shape index (κ2) is 7.32. The van der Waals surface area contributed by atoms with Crippen LogP contribution in [0.4, 0.5) is 0 Å². The first-order valence-electron chi connectivity index (χ1n) is 4.82. The van der Waals surface area contributed by atoms with Gasteiger partial charge in [-0.25, -0.2) is 0 Å². The lowest BCUT2D eigenvalue weighted by Gasteiger charge is -2.12. The van der Waals surface area contributed by atoms with Crippen LogP contribution in [0.5, 0.6) is 0 Å². The fourth-order valence-corrected chi connectivity index (χ4v) is 1.14. The SMILES string of the molecule is CCCC(NCCCC(N)=O)C(=O)O. The second-order valence-corrected chi connectivity index (χ2v) is 3.20. The van der Waals surface area contributed by atoms with Crippen LogP contribution in [0.2, 0.25) is 0 Å². The first kappa shape index (κ1) is 12.9. The highest BCUT2D eigenvalue weighted by atomic mass is 16.4. The van der Waals surface area contributed by atoms with E-state index in [1.165, 1.54) is 0 Å². The number of carbonyl (C=O) groups excluding carboxylic acids is 1. The largest absolute Gasteiger partial charge is 0.480 e. The fraction of sp³-hybridized carbons (Fsp3) is 0.778. The van der Waals surface area contributed by atoms with Gasteiger partial charge in [0.2, 0.25) is 5.91 Å². The number of carboxylic acids is 1. The smallest absolute Gasteiger partial charge is 0.320 e. The van der Waals surface area contributed by atoms with E-state index in [-0.39, 0.29) is 5.91 Å². The summed E-state index contributed by atoms with van der Waals surface area (Å²) in [6.07, 6.45) is 2.31. The summed E-state index contributed by atoms with van der Waals surface area (Å²) in [7, 11) is 0. The zero-order valence-corrected chi connectivity index (χ0v) is 8.45. The third-order valence-electron chi connectivity index (χ3n) is 1.87. The quantitative estimate of drug-likeness (QED) is 0.486. The molecule has 0 aromatic heterocycles. The van der Waals surface area contributed by atoms with E-state index in [1.54, 1.807) is 0 Å². The third kappa shape index (κ3) is 6.42. The summed E-state index contributed by atoms with van der Waals surface area (Å²) < 4.78 is 0. The van der Waals surface area contributed by atoms with E-state index in [0.717, 1.165) is 6.42 Å². The molecule has 82 valence electrons. The van der Waals surface area contributed by atoms with Crippen LogP contribution in [0.1, 0.15) is 32.6 Å². The highest BCUT2D eigenvalue weighted by Crippen LogP contribution is 1.97. The summed E-state index contributed by atoms with van der Waals surface area (Å²) in [5.74, 6) is -1.19. The Kier molecular flexibility index (Phi) is 6.74. The topological polar surface area (TPSA) is 92.4 Å².